The number of aromatic nitrogens is 1. The van der Waals surface area contributed by atoms with Crippen molar-refractivity contribution in [3.8, 4) is 11.1 Å². The molecule has 0 bridgehead atoms. The molecule has 4 nitrogen and oxygen atoms in total. The molecule has 1 fully saturated rings. The predicted molar refractivity (Wildman–Crippen MR) is 121 cm³/mol. The fourth-order valence-corrected chi connectivity index (χ4v) is 4.33. The first-order valence-electron chi connectivity index (χ1n) is 10.7. The molecule has 2 unspecified atom stereocenters. The van der Waals surface area contributed by atoms with E-state index in [0.29, 0.717) is 11.8 Å². The fraction of sp³-hybridized carbons (Fsp3) is 0.308. The van der Waals surface area contributed by atoms with Crippen molar-refractivity contribution in [2.45, 2.75) is 45.8 Å². The fourth-order valence-electron chi connectivity index (χ4n) is 4.33. The largest absolute Gasteiger partial charge is 0.458 e. The van der Waals surface area contributed by atoms with Crippen molar-refractivity contribution in [3.63, 3.8) is 0 Å². The topological polar surface area (TPSA) is 48.3 Å². The average Bonchev–Trinajstić information content (AvgIpc) is 2.72. The maximum absolute atomic E-state index is 13.6. The van der Waals surface area contributed by atoms with E-state index in [1.807, 2.05) is 57.2 Å². The van der Waals surface area contributed by atoms with E-state index in [1.165, 1.54) is 12.1 Å². The van der Waals surface area contributed by atoms with E-state index in [-0.39, 0.29) is 35.4 Å². The Morgan fingerprint density at radius 1 is 1.06 bits per heavy atom. The van der Waals surface area contributed by atoms with Crippen molar-refractivity contribution in [1.29, 1.82) is 0 Å². The predicted octanol–water partition coefficient (Wildman–Crippen LogP) is 5.74. The van der Waals surface area contributed by atoms with Gasteiger partial charge in [0.15, 0.2) is 0 Å². The van der Waals surface area contributed by atoms with Gasteiger partial charge in [-0.15, -0.1) is 0 Å². The summed E-state index contributed by atoms with van der Waals surface area (Å²) >= 11 is 0. The van der Waals surface area contributed by atoms with Gasteiger partial charge in [0, 0.05) is 23.4 Å². The minimum absolute atomic E-state index is 0.0786. The van der Waals surface area contributed by atoms with Crippen LogP contribution >= 0.6 is 0 Å². The molecule has 0 spiro atoms. The Labute approximate surface area is 181 Å². The van der Waals surface area contributed by atoms with Gasteiger partial charge in [0.05, 0.1) is 5.69 Å². The number of pyridine rings is 1. The first-order chi connectivity index (χ1) is 14.8. The van der Waals surface area contributed by atoms with Gasteiger partial charge in [-0.3, -0.25) is 9.59 Å². The zero-order valence-corrected chi connectivity index (χ0v) is 18.0. The average molecular weight is 419 g/mol. The summed E-state index contributed by atoms with van der Waals surface area (Å²) in [5.74, 6) is -0.270. The van der Waals surface area contributed by atoms with Crippen LogP contribution in [-0.4, -0.2) is 16.6 Å². The first kappa shape index (κ1) is 21.0. The number of hydrogen-bond donors (Lipinski definition) is 0. The highest BCUT2D eigenvalue weighted by molar-refractivity contribution is 5.99. The summed E-state index contributed by atoms with van der Waals surface area (Å²) in [5.41, 5.74) is 2.32. The number of rotatable bonds is 4. The molecule has 0 aliphatic carbocycles. The lowest BCUT2D eigenvalue weighted by Crippen LogP contribution is -2.27. The molecular weight excluding hydrogens is 393 g/mol. The van der Waals surface area contributed by atoms with Gasteiger partial charge in [0.25, 0.3) is 5.56 Å². The van der Waals surface area contributed by atoms with Crippen molar-refractivity contribution >= 4 is 22.8 Å². The Morgan fingerprint density at radius 3 is 2.39 bits per heavy atom. The number of benzene rings is 2. The van der Waals surface area contributed by atoms with Crippen LogP contribution in [0, 0.1) is 11.7 Å². The number of nitrogens with zero attached hydrogens (tertiary/aromatic N) is 1. The summed E-state index contributed by atoms with van der Waals surface area (Å²) in [6.07, 6.45) is 4.58. The molecule has 1 aromatic heterocycles. The van der Waals surface area contributed by atoms with Crippen LogP contribution in [0.15, 0.2) is 59.4 Å². The van der Waals surface area contributed by atoms with Crippen LogP contribution in [0.2, 0.25) is 0 Å². The third-order valence-corrected chi connectivity index (χ3v) is 5.71. The zero-order valence-electron chi connectivity index (χ0n) is 18.0. The van der Waals surface area contributed by atoms with Crippen molar-refractivity contribution in [3.05, 3.63) is 76.5 Å². The van der Waals surface area contributed by atoms with Crippen molar-refractivity contribution in [1.82, 2.24) is 4.57 Å². The molecular formula is C26H26FNO3. The number of carbonyl (C=O) groups is 1. The van der Waals surface area contributed by atoms with Gasteiger partial charge in [0.2, 0.25) is 0 Å². The molecule has 0 amide bonds. The SMILES string of the molecule is CC1CC(=O)OC(/C=C/c2c(-c3ccc(F)cc3)c3ccccc3c(=O)n2C(C)C)C1. The molecule has 0 N–H and O–H groups in total. The second-order valence-corrected chi connectivity index (χ2v) is 8.51. The normalized spacial score (nSPS) is 19.3. The summed E-state index contributed by atoms with van der Waals surface area (Å²) in [4.78, 5) is 25.2. The van der Waals surface area contributed by atoms with E-state index >= 15 is 0 Å². The van der Waals surface area contributed by atoms with Gasteiger partial charge in [-0.05, 0) is 67.5 Å². The number of halogens is 1. The molecule has 2 heterocycles. The smallest absolute Gasteiger partial charge is 0.306 e. The highest BCUT2D eigenvalue weighted by Gasteiger charge is 2.24. The molecule has 1 aliphatic rings. The number of hydrogen-bond acceptors (Lipinski definition) is 3. The zero-order chi connectivity index (χ0) is 22.1. The first-order valence-corrected chi connectivity index (χ1v) is 10.7. The van der Waals surface area contributed by atoms with Gasteiger partial charge in [0.1, 0.15) is 11.9 Å². The van der Waals surface area contributed by atoms with Gasteiger partial charge < -0.3 is 9.30 Å². The summed E-state index contributed by atoms with van der Waals surface area (Å²) in [6, 6.07) is 13.7. The number of esters is 1. The van der Waals surface area contributed by atoms with E-state index in [1.54, 1.807) is 16.7 Å². The standard InChI is InChI=1S/C26H26FNO3/c1-16(2)28-23(13-12-20-14-17(3)15-24(29)31-20)25(18-8-10-19(27)11-9-18)21-6-4-5-7-22(21)26(28)30/h4-13,16-17,20H,14-15H2,1-3H3/b13-12+. The second kappa shape index (κ2) is 8.50. The Kier molecular flexibility index (Phi) is 5.77. The van der Waals surface area contributed by atoms with Gasteiger partial charge in [-0.2, -0.15) is 0 Å². The summed E-state index contributed by atoms with van der Waals surface area (Å²) in [5, 5.41) is 1.43. The minimum Gasteiger partial charge on any atom is -0.458 e. The molecule has 5 heteroatoms. The van der Waals surface area contributed by atoms with E-state index in [0.717, 1.165) is 28.6 Å². The van der Waals surface area contributed by atoms with Crippen LogP contribution in [0.4, 0.5) is 4.39 Å². The highest BCUT2D eigenvalue weighted by atomic mass is 19.1. The Morgan fingerprint density at radius 2 is 1.74 bits per heavy atom. The van der Waals surface area contributed by atoms with Crippen molar-refractivity contribution in [2.24, 2.45) is 5.92 Å². The Bertz CT molecular complexity index is 1210. The lowest BCUT2D eigenvalue weighted by atomic mass is 9.94. The molecule has 2 aromatic carbocycles. The maximum Gasteiger partial charge on any atom is 0.306 e. The third kappa shape index (κ3) is 4.18. The van der Waals surface area contributed by atoms with Gasteiger partial charge in [-0.25, -0.2) is 4.39 Å². The molecule has 2 atom stereocenters. The lowest BCUT2D eigenvalue weighted by molar-refractivity contribution is -0.153. The molecule has 0 radical (unpaired) electrons. The molecule has 4 rings (SSSR count). The number of ether oxygens (including phenoxy) is 1. The number of carbonyl (C=O) groups excluding carboxylic acids is 1. The van der Waals surface area contributed by atoms with Crippen LogP contribution in [0.1, 0.15) is 45.3 Å². The van der Waals surface area contributed by atoms with Gasteiger partial charge >= 0.3 is 5.97 Å². The summed E-state index contributed by atoms with van der Waals surface area (Å²) < 4.78 is 20.9. The van der Waals surface area contributed by atoms with Crippen LogP contribution < -0.4 is 5.56 Å². The van der Waals surface area contributed by atoms with Crippen LogP contribution in [-0.2, 0) is 9.53 Å². The van der Waals surface area contributed by atoms with Crippen LogP contribution in [0.5, 0.6) is 0 Å². The minimum atomic E-state index is -0.334. The molecule has 1 saturated heterocycles. The van der Waals surface area contributed by atoms with Gasteiger partial charge in [-0.1, -0.05) is 37.3 Å². The van der Waals surface area contributed by atoms with E-state index in [4.69, 9.17) is 4.74 Å². The third-order valence-electron chi connectivity index (χ3n) is 5.71. The van der Waals surface area contributed by atoms with Crippen LogP contribution in [0.25, 0.3) is 28.0 Å². The summed E-state index contributed by atoms with van der Waals surface area (Å²) in [6.45, 7) is 5.96. The van der Waals surface area contributed by atoms with Crippen molar-refractivity contribution in [2.75, 3.05) is 0 Å². The molecule has 1 aliphatic heterocycles. The van der Waals surface area contributed by atoms with E-state index < -0.39 is 0 Å². The van der Waals surface area contributed by atoms with Crippen LogP contribution in [0.3, 0.4) is 0 Å². The number of fused-ring (bicyclic) bond motifs is 1. The van der Waals surface area contributed by atoms with Crippen molar-refractivity contribution < 1.29 is 13.9 Å². The van der Waals surface area contributed by atoms with E-state index in [9.17, 15) is 14.0 Å². The molecule has 3 aromatic rings. The summed E-state index contributed by atoms with van der Waals surface area (Å²) in [7, 11) is 0. The molecule has 160 valence electrons. The lowest BCUT2D eigenvalue weighted by Gasteiger charge is -2.25. The Hall–Kier alpha value is -3.21. The van der Waals surface area contributed by atoms with E-state index in [2.05, 4.69) is 0 Å². The Balaban J connectivity index is 1.97. The maximum atomic E-state index is 13.6. The number of cyclic esters (lactones) is 1. The molecule has 31 heavy (non-hydrogen) atoms. The molecule has 0 saturated carbocycles. The highest BCUT2D eigenvalue weighted by Crippen LogP contribution is 2.33. The quantitative estimate of drug-likeness (QED) is 0.507. The monoisotopic (exact) mass is 419 g/mol. The second-order valence-electron chi connectivity index (χ2n) is 8.51.